The summed E-state index contributed by atoms with van der Waals surface area (Å²) in [4.78, 5) is 0. The zero-order valence-corrected chi connectivity index (χ0v) is 7.82. The molecular formula is C9H16F3N. The average Bonchev–Trinajstić information content (AvgIpc) is 2.66. The van der Waals surface area contributed by atoms with Gasteiger partial charge in [0.2, 0.25) is 0 Å². The number of hydrogen-bond acceptors (Lipinski definition) is 1. The molecule has 1 rings (SSSR count). The van der Waals surface area contributed by atoms with Gasteiger partial charge in [-0.2, -0.15) is 13.2 Å². The van der Waals surface area contributed by atoms with E-state index in [9.17, 15) is 13.2 Å². The highest BCUT2D eigenvalue weighted by atomic mass is 19.4. The van der Waals surface area contributed by atoms with Crippen molar-refractivity contribution in [3.63, 3.8) is 0 Å². The fraction of sp³-hybridized carbons (Fsp3) is 1.00. The van der Waals surface area contributed by atoms with Gasteiger partial charge < -0.3 is 5.32 Å². The first-order chi connectivity index (χ1) is 5.97. The maximum absolute atomic E-state index is 11.9. The number of nitrogens with one attached hydrogen (secondary N) is 1. The molecular weight excluding hydrogens is 179 g/mol. The fourth-order valence-electron chi connectivity index (χ4n) is 1.36. The van der Waals surface area contributed by atoms with Crippen LogP contribution in [0.4, 0.5) is 13.2 Å². The molecule has 4 heteroatoms. The Morgan fingerprint density at radius 3 is 2.46 bits per heavy atom. The van der Waals surface area contributed by atoms with E-state index in [4.69, 9.17) is 0 Å². The number of halogens is 3. The highest BCUT2D eigenvalue weighted by Gasteiger charge is 2.29. The predicted octanol–water partition coefficient (Wildman–Crippen LogP) is 2.72. The van der Waals surface area contributed by atoms with Crippen LogP contribution in [0.15, 0.2) is 0 Å². The van der Waals surface area contributed by atoms with Crippen molar-refractivity contribution in [2.24, 2.45) is 5.92 Å². The van der Waals surface area contributed by atoms with Crippen LogP contribution in [0.2, 0.25) is 0 Å². The van der Waals surface area contributed by atoms with Crippen molar-refractivity contribution < 1.29 is 13.2 Å². The Balaban J connectivity index is 1.99. The van der Waals surface area contributed by atoms with E-state index >= 15 is 0 Å². The van der Waals surface area contributed by atoms with Gasteiger partial charge in [0.1, 0.15) is 0 Å². The smallest absolute Gasteiger partial charge is 0.314 e. The summed E-state index contributed by atoms with van der Waals surface area (Å²) in [6.07, 6.45) is -1.21. The van der Waals surface area contributed by atoms with Gasteiger partial charge in [-0.25, -0.2) is 0 Å². The molecule has 78 valence electrons. The second kappa shape index (κ2) is 4.31. The minimum atomic E-state index is -4.04. The third-order valence-electron chi connectivity index (χ3n) is 2.28. The molecule has 0 bridgehead atoms. The van der Waals surface area contributed by atoms with Gasteiger partial charge >= 0.3 is 6.18 Å². The van der Waals surface area contributed by atoms with Gasteiger partial charge in [0, 0.05) is 6.04 Å². The van der Waals surface area contributed by atoms with Crippen LogP contribution in [0, 0.1) is 5.92 Å². The van der Waals surface area contributed by atoms with E-state index in [0.29, 0.717) is 0 Å². The minimum absolute atomic E-state index is 0.446. The summed E-state index contributed by atoms with van der Waals surface area (Å²) < 4.78 is 35.6. The van der Waals surface area contributed by atoms with Crippen molar-refractivity contribution in [1.29, 1.82) is 0 Å². The Morgan fingerprint density at radius 1 is 1.38 bits per heavy atom. The summed E-state index contributed by atoms with van der Waals surface area (Å²) in [5, 5.41) is 2.89. The van der Waals surface area contributed by atoms with E-state index < -0.39 is 18.6 Å². The van der Waals surface area contributed by atoms with Gasteiger partial charge in [-0.15, -0.1) is 0 Å². The Labute approximate surface area is 76.7 Å². The standard InChI is InChI=1S/C9H16F3N/c1-7(6-9(10,11)12)13-5-4-8-2-3-8/h7-8,13H,2-6H2,1H3. The lowest BCUT2D eigenvalue weighted by molar-refractivity contribution is -0.139. The molecule has 0 aliphatic heterocycles. The summed E-state index contributed by atoms with van der Waals surface area (Å²) in [6.45, 7) is 2.31. The van der Waals surface area contributed by atoms with E-state index in [1.165, 1.54) is 12.8 Å². The molecule has 13 heavy (non-hydrogen) atoms. The second-order valence-corrected chi connectivity index (χ2v) is 3.91. The van der Waals surface area contributed by atoms with E-state index in [-0.39, 0.29) is 0 Å². The SMILES string of the molecule is CC(CC(F)(F)F)NCCC1CC1. The van der Waals surface area contributed by atoms with Crippen LogP contribution in [0.25, 0.3) is 0 Å². The maximum atomic E-state index is 11.9. The molecule has 0 heterocycles. The second-order valence-electron chi connectivity index (χ2n) is 3.91. The lowest BCUT2D eigenvalue weighted by atomic mass is 10.2. The first-order valence-electron chi connectivity index (χ1n) is 4.77. The maximum Gasteiger partial charge on any atom is 0.390 e. The van der Waals surface area contributed by atoms with Gasteiger partial charge in [0.25, 0.3) is 0 Å². The molecule has 1 aliphatic carbocycles. The zero-order valence-electron chi connectivity index (χ0n) is 7.82. The molecule has 1 atom stereocenters. The monoisotopic (exact) mass is 195 g/mol. The summed E-state index contributed by atoms with van der Waals surface area (Å²) >= 11 is 0. The van der Waals surface area contributed by atoms with E-state index in [1.807, 2.05) is 0 Å². The third-order valence-corrected chi connectivity index (χ3v) is 2.28. The molecule has 1 saturated carbocycles. The topological polar surface area (TPSA) is 12.0 Å². The molecule has 1 fully saturated rings. The van der Waals surface area contributed by atoms with Gasteiger partial charge in [0.05, 0.1) is 6.42 Å². The Morgan fingerprint density at radius 2 is 2.00 bits per heavy atom. The third kappa shape index (κ3) is 5.91. The minimum Gasteiger partial charge on any atom is -0.314 e. The lowest BCUT2D eigenvalue weighted by Crippen LogP contribution is -2.31. The lowest BCUT2D eigenvalue weighted by Gasteiger charge is -2.15. The molecule has 0 aromatic carbocycles. The van der Waals surface area contributed by atoms with Crippen molar-refractivity contribution in [2.45, 2.75) is 44.8 Å². The van der Waals surface area contributed by atoms with Crippen LogP contribution >= 0.6 is 0 Å². The molecule has 0 spiro atoms. The largest absolute Gasteiger partial charge is 0.390 e. The average molecular weight is 195 g/mol. The van der Waals surface area contributed by atoms with E-state index in [0.717, 1.165) is 18.9 Å². The molecule has 0 aromatic heterocycles. The van der Waals surface area contributed by atoms with Crippen molar-refractivity contribution in [3.05, 3.63) is 0 Å². The Kier molecular flexibility index (Phi) is 3.59. The van der Waals surface area contributed by atoms with Crippen LogP contribution in [0.5, 0.6) is 0 Å². The Bertz CT molecular complexity index is 151. The summed E-state index contributed by atoms with van der Waals surface area (Å²) in [7, 11) is 0. The van der Waals surface area contributed by atoms with Crippen LogP contribution in [0.3, 0.4) is 0 Å². The summed E-state index contributed by atoms with van der Waals surface area (Å²) in [5.74, 6) is 0.783. The quantitative estimate of drug-likeness (QED) is 0.711. The number of rotatable bonds is 5. The normalized spacial score (nSPS) is 20.3. The molecule has 0 saturated heterocycles. The van der Waals surface area contributed by atoms with Crippen molar-refractivity contribution in [3.8, 4) is 0 Å². The first kappa shape index (κ1) is 10.8. The zero-order chi connectivity index (χ0) is 9.90. The molecule has 1 unspecified atom stereocenters. The van der Waals surface area contributed by atoms with E-state index in [2.05, 4.69) is 5.32 Å². The molecule has 1 N–H and O–H groups in total. The van der Waals surface area contributed by atoms with Crippen LogP contribution in [-0.4, -0.2) is 18.8 Å². The van der Waals surface area contributed by atoms with Crippen LogP contribution in [-0.2, 0) is 0 Å². The summed E-state index contributed by atoms with van der Waals surface area (Å²) in [6, 6.07) is -0.446. The van der Waals surface area contributed by atoms with Crippen LogP contribution < -0.4 is 5.32 Å². The predicted molar refractivity (Wildman–Crippen MR) is 45.5 cm³/mol. The molecule has 1 aliphatic rings. The first-order valence-corrected chi connectivity index (χ1v) is 4.77. The molecule has 0 radical (unpaired) electrons. The Hall–Kier alpha value is -0.250. The number of alkyl halides is 3. The van der Waals surface area contributed by atoms with Crippen molar-refractivity contribution in [1.82, 2.24) is 5.32 Å². The van der Waals surface area contributed by atoms with Gasteiger partial charge in [-0.05, 0) is 25.8 Å². The van der Waals surface area contributed by atoms with Crippen molar-refractivity contribution >= 4 is 0 Å². The highest BCUT2D eigenvalue weighted by Crippen LogP contribution is 2.31. The van der Waals surface area contributed by atoms with Gasteiger partial charge in [-0.3, -0.25) is 0 Å². The summed E-state index contributed by atoms with van der Waals surface area (Å²) in [5.41, 5.74) is 0. The molecule has 0 aromatic rings. The molecule has 0 amide bonds. The van der Waals surface area contributed by atoms with Crippen molar-refractivity contribution in [2.75, 3.05) is 6.54 Å². The molecule has 1 nitrogen and oxygen atoms in total. The fourth-order valence-corrected chi connectivity index (χ4v) is 1.36. The van der Waals surface area contributed by atoms with Crippen LogP contribution in [0.1, 0.15) is 32.6 Å². The van der Waals surface area contributed by atoms with Gasteiger partial charge in [0.15, 0.2) is 0 Å². The van der Waals surface area contributed by atoms with Gasteiger partial charge in [-0.1, -0.05) is 12.8 Å². The number of hydrogen-bond donors (Lipinski definition) is 1. The van der Waals surface area contributed by atoms with E-state index in [1.54, 1.807) is 6.92 Å². The highest BCUT2D eigenvalue weighted by molar-refractivity contribution is 4.75.